The van der Waals surface area contributed by atoms with Crippen molar-refractivity contribution in [3.8, 4) is 0 Å². The average Bonchev–Trinajstić information content (AvgIpc) is 3.04. The van der Waals surface area contributed by atoms with Gasteiger partial charge < -0.3 is 21.1 Å². The van der Waals surface area contributed by atoms with E-state index in [1.165, 1.54) is 6.42 Å². The molecule has 0 aliphatic heterocycles. The van der Waals surface area contributed by atoms with Crippen molar-refractivity contribution in [1.82, 2.24) is 16.0 Å². The zero-order chi connectivity index (χ0) is 32.4. The molecule has 0 radical (unpaired) electrons. The van der Waals surface area contributed by atoms with Crippen LogP contribution in [0.15, 0.2) is 84.9 Å². The van der Waals surface area contributed by atoms with Gasteiger partial charge in [-0.1, -0.05) is 73.9 Å². The second-order valence-corrected chi connectivity index (χ2v) is 14.9. The van der Waals surface area contributed by atoms with Gasteiger partial charge in [-0.05, 0) is 81.8 Å². The monoisotopic (exact) mass is 632 g/mol. The van der Waals surface area contributed by atoms with Crippen molar-refractivity contribution in [2.24, 2.45) is 0 Å². The predicted molar refractivity (Wildman–Crippen MR) is 185 cm³/mol. The molecule has 0 spiro atoms. The third-order valence-corrected chi connectivity index (χ3v) is 10.9. The Morgan fingerprint density at radius 3 is 2.18 bits per heavy atom. The number of hydrogen-bond donors (Lipinski definition) is 4. The zero-order valence-electron chi connectivity index (χ0n) is 26.7. The highest BCUT2D eigenvalue weighted by Crippen LogP contribution is 2.31. The van der Waals surface area contributed by atoms with E-state index in [1.54, 1.807) is 29.4 Å². The smallest absolute Gasteiger partial charge is 0.251 e. The van der Waals surface area contributed by atoms with Crippen LogP contribution in [0.3, 0.4) is 0 Å². The molecule has 2 amide bonds. The molecule has 4 rings (SSSR count). The highest BCUT2D eigenvalue weighted by atomic mass is 32.2. The third-order valence-electron chi connectivity index (χ3n) is 8.44. The van der Waals surface area contributed by atoms with Gasteiger partial charge in [0.25, 0.3) is 5.91 Å². The number of benzene rings is 3. The first-order chi connectivity index (χ1) is 21.6. The second-order valence-electron chi connectivity index (χ2n) is 12.2. The number of hydrogen-bond acceptors (Lipinski definition) is 5. The van der Waals surface area contributed by atoms with Crippen molar-refractivity contribution in [2.45, 2.75) is 88.8 Å². The van der Waals surface area contributed by atoms with Gasteiger partial charge in [-0.15, -0.1) is 0 Å². The standard InChI is InChI=1S/C36H48N4O4S/c1-26(2)45(4,44)40(31-20-12-7-13-21-31)32-22-14-17-29(24-32)36(43)39-33(23-28-15-8-5-9-16-28)34(41)25-37-27(3)35(42)38-30-18-10-6-11-19-30/h5,7-9,12-17,20-22,24,26-27,30,33-34,37,41H,4,6,10-11,18-19,23,25H2,1-3H3,(H,38,42)(H,39,43). The summed E-state index contributed by atoms with van der Waals surface area (Å²) in [5, 5.41) is 20.4. The van der Waals surface area contributed by atoms with Crippen LogP contribution in [-0.2, 0) is 20.9 Å². The van der Waals surface area contributed by atoms with Crippen LogP contribution >= 0.6 is 0 Å². The molecule has 3 aromatic carbocycles. The lowest BCUT2D eigenvalue weighted by atomic mass is 9.95. The minimum Gasteiger partial charge on any atom is -0.390 e. The number of amides is 2. The Hall–Kier alpha value is -3.66. The molecule has 1 aliphatic rings. The summed E-state index contributed by atoms with van der Waals surface area (Å²) in [6, 6.07) is 25.1. The van der Waals surface area contributed by atoms with E-state index < -0.39 is 27.9 Å². The van der Waals surface area contributed by atoms with Gasteiger partial charge in [0.2, 0.25) is 5.91 Å². The van der Waals surface area contributed by atoms with E-state index in [9.17, 15) is 18.9 Å². The minimum atomic E-state index is -2.78. The first-order valence-corrected chi connectivity index (χ1v) is 17.7. The molecule has 45 heavy (non-hydrogen) atoms. The topological polar surface area (TPSA) is 111 Å². The highest BCUT2D eigenvalue weighted by molar-refractivity contribution is 8.02. The molecule has 0 bridgehead atoms. The minimum absolute atomic E-state index is 0.0825. The van der Waals surface area contributed by atoms with Gasteiger partial charge in [-0.25, -0.2) is 4.21 Å². The van der Waals surface area contributed by atoms with Crippen LogP contribution in [0, 0.1) is 0 Å². The predicted octanol–water partition coefficient (Wildman–Crippen LogP) is 4.99. The van der Waals surface area contributed by atoms with Crippen LogP contribution in [0.2, 0.25) is 0 Å². The molecule has 1 saturated carbocycles. The number of nitrogens with one attached hydrogen (secondary N) is 3. The number of nitrogens with zero attached hydrogens (tertiary/aromatic N) is 1. The molecular formula is C36H48N4O4S. The van der Waals surface area contributed by atoms with E-state index in [0.717, 1.165) is 31.2 Å². The largest absolute Gasteiger partial charge is 0.390 e. The van der Waals surface area contributed by atoms with E-state index >= 15 is 0 Å². The number of carbonyl (C=O) groups is 2. The summed E-state index contributed by atoms with van der Waals surface area (Å²) >= 11 is 0. The molecule has 0 heterocycles. The Labute approximate surface area is 268 Å². The van der Waals surface area contributed by atoms with Gasteiger partial charge in [0.15, 0.2) is 0 Å². The number of anilines is 2. The molecule has 242 valence electrons. The van der Waals surface area contributed by atoms with Crippen LogP contribution in [0.4, 0.5) is 11.4 Å². The van der Waals surface area contributed by atoms with Crippen molar-refractivity contribution in [3.63, 3.8) is 0 Å². The van der Waals surface area contributed by atoms with Crippen LogP contribution in [0.25, 0.3) is 0 Å². The van der Waals surface area contributed by atoms with Crippen LogP contribution in [0.1, 0.15) is 68.8 Å². The Morgan fingerprint density at radius 2 is 1.53 bits per heavy atom. The molecular weight excluding hydrogens is 584 g/mol. The van der Waals surface area contributed by atoms with Crippen molar-refractivity contribution >= 4 is 38.8 Å². The Bertz CT molecular complexity index is 1490. The summed E-state index contributed by atoms with van der Waals surface area (Å²) in [5.74, 6) is 3.63. The summed E-state index contributed by atoms with van der Waals surface area (Å²) in [6.07, 6.45) is 4.90. The molecule has 1 fully saturated rings. The molecule has 8 nitrogen and oxygen atoms in total. The van der Waals surface area contributed by atoms with Gasteiger partial charge in [-0.3, -0.25) is 13.9 Å². The van der Waals surface area contributed by atoms with Crippen molar-refractivity contribution in [3.05, 3.63) is 96.1 Å². The fourth-order valence-electron chi connectivity index (χ4n) is 5.56. The maximum absolute atomic E-state index is 13.9. The normalized spacial score (nSPS) is 17.1. The van der Waals surface area contributed by atoms with Crippen molar-refractivity contribution < 1.29 is 18.9 Å². The fourth-order valence-corrected chi connectivity index (χ4v) is 6.93. The number of carbonyl (C=O) groups excluding carboxylic acids is 2. The fraction of sp³-hybridized carbons (Fsp3) is 0.417. The lowest BCUT2D eigenvalue weighted by Gasteiger charge is -2.31. The number of aliphatic hydroxyl groups excluding tert-OH is 1. The van der Waals surface area contributed by atoms with Crippen molar-refractivity contribution in [1.29, 1.82) is 0 Å². The first kappa shape index (κ1) is 34.2. The van der Waals surface area contributed by atoms with E-state index in [-0.39, 0.29) is 29.7 Å². The maximum Gasteiger partial charge on any atom is 0.251 e. The quantitative estimate of drug-likeness (QED) is 0.187. The Kier molecular flexibility index (Phi) is 12.2. The Morgan fingerprint density at radius 1 is 0.911 bits per heavy atom. The molecule has 0 saturated heterocycles. The second kappa shape index (κ2) is 16.1. The molecule has 3 aromatic rings. The molecule has 9 heteroatoms. The third kappa shape index (κ3) is 9.42. The molecule has 0 aromatic heterocycles. The summed E-state index contributed by atoms with van der Waals surface area (Å²) in [7, 11) is -2.78. The van der Waals surface area contributed by atoms with E-state index in [4.69, 9.17) is 0 Å². The van der Waals surface area contributed by atoms with Gasteiger partial charge in [0, 0.05) is 23.4 Å². The van der Waals surface area contributed by atoms with Gasteiger partial charge in [-0.2, -0.15) is 0 Å². The molecule has 4 atom stereocenters. The van der Waals surface area contributed by atoms with E-state index in [1.807, 2.05) is 80.6 Å². The first-order valence-electron chi connectivity index (χ1n) is 15.9. The van der Waals surface area contributed by atoms with Gasteiger partial charge in [0.1, 0.15) is 0 Å². The maximum atomic E-state index is 13.9. The zero-order valence-corrected chi connectivity index (χ0v) is 27.5. The summed E-state index contributed by atoms with van der Waals surface area (Å²) in [5.41, 5.74) is 2.63. The van der Waals surface area contributed by atoms with Crippen LogP contribution in [0.5, 0.6) is 0 Å². The number of para-hydroxylation sites is 1. The van der Waals surface area contributed by atoms with Crippen LogP contribution in [-0.4, -0.2) is 63.0 Å². The van der Waals surface area contributed by atoms with Gasteiger partial charge in [0.05, 0.1) is 39.3 Å². The number of rotatable bonds is 14. The molecule has 4 N–H and O–H groups in total. The van der Waals surface area contributed by atoms with Crippen molar-refractivity contribution in [2.75, 3.05) is 10.8 Å². The summed E-state index contributed by atoms with van der Waals surface area (Å²) < 4.78 is 15.6. The average molecular weight is 633 g/mol. The summed E-state index contributed by atoms with van der Waals surface area (Å²) in [6.45, 7) is 5.64. The SMILES string of the molecule is C=S(=O)(C(C)C)N(c1ccccc1)c1cccc(C(=O)NC(Cc2ccccc2)C(O)CNC(C)C(=O)NC2CCCCC2)c1. The number of aliphatic hydroxyl groups is 1. The molecule has 1 aliphatic carbocycles. The van der Waals surface area contributed by atoms with E-state index in [2.05, 4.69) is 21.8 Å². The Balaban J connectivity index is 1.50. The van der Waals surface area contributed by atoms with Crippen LogP contribution < -0.4 is 20.3 Å². The lowest BCUT2D eigenvalue weighted by Crippen LogP contribution is -2.53. The van der Waals surface area contributed by atoms with E-state index in [0.29, 0.717) is 23.4 Å². The van der Waals surface area contributed by atoms with Gasteiger partial charge >= 0.3 is 0 Å². The highest BCUT2D eigenvalue weighted by Gasteiger charge is 2.27. The molecule has 4 unspecified atom stereocenters. The lowest BCUT2D eigenvalue weighted by molar-refractivity contribution is -0.123. The summed E-state index contributed by atoms with van der Waals surface area (Å²) in [4.78, 5) is 26.5.